The summed E-state index contributed by atoms with van der Waals surface area (Å²) in [5, 5.41) is 3.41. The molecule has 0 aliphatic rings. The van der Waals surface area contributed by atoms with Crippen LogP contribution in [-0.4, -0.2) is 22.1 Å². The molecule has 2 N–H and O–H groups in total. The van der Waals surface area contributed by atoms with E-state index in [1.54, 1.807) is 35.2 Å². The van der Waals surface area contributed by atoms with Gasteiger partial charge in [0, 0.05) is 12.4 Å². The minimum atomic E-state index is -0.185. The number of aromatic amines is 1. The van der Waals surface area contributed by atoms with Crippen molar-refractivity contribution < 1.29 is 9.53 Å². The van der Waals surface area contributed by atoms with Gasteiger partial charge in [-0.05, 0) is 31.2 Å². The Bertz CT molecular complexity index is 895. The number of nitrogens with zero attached hydrogens (tertiary/aromatic N) is 1. The van der Waals surface area contributed by atoms with E-state index >= 15 is 0 Å². The number of fused-ring (bicyclic) bond motifs is 1. The number of anilines is 1. The fraction of sp³-hybridized carbons (Fsp3) is 0.176. The molecule has 0 fully saturated rings. The quantitative estimate of drug-likeness (QED) is 0.759. The third-order valence-electron chi connectivity index (χ3n) is 3.48. The van der Waals surface area contributed by atoms with E-state index < -0.39 is 0 Å². The van der Waals surface area contributed by atoms with Gasteiger partial charge in [-0.25, -0.2) is 0 Å². The highest BCUT2D eigenvalue weighted by molar-refractivity contribution is 5.93. The highest BCUT2D eigenvalue weighted by Gasteiger charge is 2.10. The third-order valence-corrected chi connectivity index (χ3v) is 3.48. The molecule has 3 rings (SSSR count). The molecule has 118 valence electrons. The number of carbonyl (C=O) groups excluding carboxylic acids is 1. The largest absolute Gasteiger partial charge is 0.492 e. The van der Waals surface area contributed by atoms with Gasteiger partial charge in [-0.2, -0.15) is 0 Å². The third kappa shape index (κ3) is 3.11. The number of amides is 1. The average molecular weight is 311 g/mol. The lowest BCUT2D eigenvalue weighted by atomic mass is 10.3. The van der Waals surface area contributed by atoms with Crippen molar-refractivity contribution in [3.05, 3.63) is 59.1 Å². The number of hydrogen-bond donors (Lipinski definition) is 2. The number of benzene rings is 1. The molecule has 0 saturated heterocycles. The molecule has 1 amide bonds. The maximum atomic E-state index is 12.3. The predicted molar refractivity (Wildman–Crippen MR) is 88.8 cm³/mol. The van der Waals surface area contributed by atoms with Gasteiger partial charge in [0.25, 0.3) is 5.56 Å². The molecule has 0 aliphatic heterocycles. The van der Waals surface area contributed by atoms with E-state index in [4.69, 9.17) is 4.74 Å². The summed E-state index contributed by atoms with van der Waals surface area (Å²) in [6.45, 7) is 2.54. The van der Waals surface area contributed by atoms with E-state index in [0.29, 0.717) is 23.4 Å². The second-order valence-electron chi connectivity index (χ2n) is 5.03. The number of pyridine rings is 1. The molecule has 0 saturated carbocycles. The number of nitrogens with one attached hydrogen (secondary N) is 2. The normalized spacial score (nSPS) is 10.7. The molecule has 0 radical (unpaired) electrons. The first-order chi connectivity index (χ1) is 11.2. The Kier molecular flexibility index (Phi) is 4.14. The smallest absolute Gasteiger partial charge is 0.257 e. The number of H-pyrrole nitrogens is 1. The van der Waals surface area contributed by atoms with Gasteiger partial charge < -0.3 is 19.6 Å². The van der Waals surface area contributed by atoms with Crippen molar-refractivity contribution in [3.63, 3.8) is 0 Å². The zero-order chi connectivity index (χ0) is 16.2. The maximum absolute atomic E-state index is 12.3. The Labute approximate surface area is 132 Å². The van der Waals surface area contributed by atoms with Crippen LogP contribution in [0, 0.1) is 0 Å². The Morgan fingerprint density at radius 1 is 1.26 bits per heavy atom. The van der Waals surface area contributed by atoms with Gasteiger partial charge in [0.2, 0.25) is 5.91 Å². The van der Waals surface area contributed by atoms with Crippen LogP contribution in [0.3, 0.4) is 0 Å². The van der Waals surface area contributed by atoms with Crippen LogP contribution in [0.5, 0.6) is 5.75 Å². The Balaban J connectivity index is 1.79. The Morgan fingerprint density at radius 2 is 2.09 bits per heavy atom. The first kappa shape index (κ1) is 14.9. The second kappa shape index (κ2) is 6.39. The highest BCUT2D eigenvalue weighted by atomic mass is 16.5. The molecular formula is C17H17N3O3. The van der Waals surface area contributed by atoms with E-state index in [9.17, 15) is 9.59 Å². The van der Waals surface area contributed by atoms with Gasteiger partial charge in [-0.1, -0.05) is 12.1 Å². The highest BCUT2D eigenvalue weighted by Crippen LogP contribution is 2.23. The number of hydrogen-bond acceptors (Lipinski definition) is 3. The van der Waals surface area contributed by atoms with Crippen LogP contribution in [0.1, 0.15) is 6.92 Å². The molecular weight excluding hydrogens is 294 g/mol. The molecule has 1 aromatic carbocycles. The molecule has 0 bridgehead atoms. The predicted octanol–water partition coefficient (Wildman–Crippen LogP) is 2.37. The lowest BCUT2D eigenvalue weighted by Gasteiger charge is -2.12. The van der Waals surface area contributed by atoms with Gasteiger partial charge in [0.15, 0.2) is 0 Å². The summed E-state index contributed by atoms with van der Waals surface area (Å²) in [6.07, 6.45) is 3.30. The van der Waals surface area contributed by atoms with Crippen molar-refractivity contribution >= 4 is 22.5 Å². The number of rotatable bonds is 5. The Morgan fingerprint density at radius 3 is 2.91 bits per heavy atom. The zero-order valence-electron chi connectivity index (χ0n) is 12.7. The van der Waals surface area contributed by atoms with Crippen LogP contribution in [0.4, 0.5) is 5.69 Å². The van der Waals surface area contributed by atoms with Crippen molar-refractivity contribution in [1.82, 2.24) is 9.55 Å². The molecule has 2 heterocycles. The maximum Gasteiger partial charge on any atom is 0.257 e. The molecule has 2 aromatic heterocycles. The van der Waals surface area contributed by atoms with E-state index in [-0.39, 0.29) is 18.0 Å². The summed E-state index contributed by atoms with van der Waals surface area (Å²) >= 11 is 0. The monoisotopic (exact) mass is 311 g/mol. The number of aromatic nitrogens is 2. The van der Waals surface area contributed by atoms with Crippen molar-refractivity contribution in [2.75, 3.05) is 11.9 Å². The summed E-state index contributed by atoms with van der Waals surface area (Å²) < 4.78 is 7.23. The van der Waals surface area contributed by atoms with Gasteiger partial charge >= 0.3 is 0 Å². The molecule has 6 heteroatoms. The van der Waals surface area contributed by atoms with Crippen LogP contribution in [0.25, 0.3) is 10.9 Å². The number of carbonyl (C=O) groups is 1. The van der Waals surface area contributed by atoms with Gasteiger partial charge in [0.1, 0.15) is 12.3 Å². The van der Waals surface area contributed by atoms with Crippen LogP contribution >= 0.6 is 0 Å². The zero-order valence-corrected chi connectivity index (χ0v) is 12.7. The first-order valence-electron chi connectivity index (χ1n) is 7.37. The summed E-state index contributed by atoms with van der Waals surface area (Å²) in [7, 11) is 0. The van der Waals surface area contributed by atoms with Crippen LogP contribution in [-0.2, 0) is 11.3 Å². The van der Waals surface area contributed by atoms with Crippen molar-refractivity contribution in [2.45, 2.75) is 13.5 Å². The number of ether oxygens (including phenoxy) is 1. The summed E-state index contributed by atoms with van der Waals surface area (Å²) in [5.74, 6) is 0.451. The van der Waals surface area contributed by atoms with Crippen molar-refractivity contribution in [2.24, 2.45) is 0 Å². The fourth-order valence-electron chi connectivity index (χ4n) is 2.47. The van der Waals surface area contributed by atoms with Gasteiger partial charge in [0.05, 0.1) is 23.2 Å². The first-order valence-corrected chi connectivity index (χ1v) is 7.37. The minimum absolute atomic E-state index is 0.118. The lowest BCUT2D eigenvalue weighted by Crippen LogP contribution is -2.19. The molecule has 0 atom stereocenters. The average Bonchev–Trinajstić information content (AvgIpc) is 2.94. The fourth-order valence-corrected chi connectivity index (χ4v) is 2.47. The SMILES string of the molecule is CCOc1ccccc1NC(=O)Cn1ccc2c(=O)[nH]ccc21. The standard InChI is InChI=1S/C17H17N3O3/c1-2-23-15-6-4-3-5-13(15)19-16(21)11-20-10-8-12-14(20)7-9-18-17(12)22/h3-10H,2,11H2,1H3,(H,18,22)(H,19,21). The van der Waals surface area contributed by atoms with Crippen LogP contribution in [0.15, 0.2) is 53.6 Å². The van der Waals surface area contributed by atoms with E-state index in [1.165, 1.54) is 0 Å². The Hall–Kier alpha value is -3.02. The molecule has 6 nitrogen and oxygen atoms in total. The minimum Gasteiger partial charge on any atom is -0.492 e. The summed E-state index contributed by atoms with van der Waals surface area (Å²) in [6, 6.07) is 10.8. The molecule has 0 unspecified atom stereocenters. The van der Waals surface area contributed by atoms with E-state index in [2.05, 4.69) is 10.3 Å². The van der Waals surface area contributed by atoms with Crippen molar-refractivity contribution in [3.8, 4) is 5.75 Å². The van der Waals surface area contributed by atoms with E-state index in [0.717, 1.165) is 5.52 Å². The van der Waals surface area contributed by atoms with Gasteiger partial charge in [-0.3, -0.25) is 9.59 Å². The van der Waals surface area contributed by atoms with Gasteiger partial charge in [-0.15, -0.1) is 0 Å². The lowest BCUT2D eigenvalue weighted by molar-refractivity contribution is -0.116. The number of para-hydroxylation sites is 2. The summed E-state index contributed by atoms with van der Waals surface area (Å²) in [4.78, 5) is 26.6. The van der Waals surface area contributed by atoms with Crippen LogP contribution in [0.2, 0.25) is 0 Å². The molecule has 23 heavy (non-hydrogen) atoms. The van der Waals surface area contributed by atoms with Crippen molar-refractivity contribution in [1.29, 1.82) is 0 Å². The van der Waals surface area contributed by atoms with Crippen LogP contribution < -0.4 is 15.6 Å². The second-order valence-corrected chi connectivity index (χ2v) is 5.03. The van der Waals surface area contributed by atoms with E-state index in [1.807, 2.05) is 25.1 Å². The molecule has 0 spiro atoms. The molecule has 3 aromatic rings. The molecule has 0 aliphatic carbocycles. The summed E-state index contributed by atoms with van der Waals surface area (Å²) in [5.41, 5.74) is 1.19. The topological polar surface area (TPSA) is 76.1 Å².